The number of benzene rings is 1. The first-order chi connectivity index (χ1) is 12.1. The second kappa shape index (κ2) is 6.16. The van der Waals surface area contributed by atoms with Gasteiger partial charge in [0.25, 0.3) is 5.89 Å². The molecule has 1 aliphatic heterocycles. The zero-order valence-corrected chi connectivity index (χ0v) is 14.2. The molecular formula is C18H19N5O2. The van der Waals surface area contributed by atoms with Crippen LogP contribution in [0.15, 0.2) is 34.9 Å². The van der Waals surface area contributed by atoms with Crippen LogP contribution in [-0.2, 0) is 11.3 Å². The number of nitrogens with zero attached hydrogens (tertiary/aromatic N) is 4. The summed E-state index contributed by atoms with van der Waals surface area (Å²) in [5.74, 6) is 1.02. The summed E-state index contributed by atoms with van der Waals surface area (Å²) in [6.07, 6.45) is 0.407. The summed E-state index contributed by atoms with van der Waals surface area (Å²) in [6, 6.07) is 10.1. The Labute approximate surface area is 145 Å². The Morgan fingerprint density at radius 1 is 1.32 bits per heavy atom. The maximum Gasteiger partial charge on any atom is 0.278 e. The van der Waals surface area contributed by atoms with Gasteiger partial charge in [-0.1, -0.05) is 35.0 Å². The van der Waals surface area contributed by atoms with Crippen molar-refractivity contribution in [1.29, 1.82) is 0 Å². The van der Waals surface area contributed by atoms with Gasteiger partial charge in [-0.15, -0.1) is 0 Å². The number of aromatic amines is 1. The Bertz CT molecular complexity index is 914. The largest absolute Gasteiger partial charge is 0.338 e. The van der Waals surface area contributed by atoms with Crippen LogP contribution in [0.5, 0.6) is 0 Å². The van der Waals surface area contributed by atoms with Gasteiger partial charge in [0.2, 0.25) is 5.91 Å². The Hall–Kier alpha value is -2.96. The molecule has 1 unspecified atom stereocenters. The van der Waals surface area contributed by atoms with Crippen molar-refractivity contribution >= 4 is 5.91 Å². The highest BCUT2D eigenvalue weighted by molar-refractivity contribution is 5.79. The predicted molar refractivity (Wildman–Crippen MR) is 90.6 cm³/mol. The lowest BCUT2D eigenvalue weighted by molar-refractivity contribution is -0.128. The SMILES string of the molecule is Cc1cccc(CN2CC(c3noc(-c4cc(C)[nH]n4)n3)CC2=O)c1. The van der Waals surface area contributed by atoms with Crippen LogP contribution in [0.1, 0.15) is 35.0 Å². The van der Waals surface area contributed by atoms with Crippen molar-refractivity contribution in [1.82, 2.24) is 25.2 Å². The third-order valence-corrected chi connectivity index (χ3v) is 4.40. The Morgan fingerprint density at radius 3 is 2.96 bits per heavy atom. The van der Waals surface area contributed by atoms with Crippen molar-refractivity contribution in [2.24, 2.45) is 0 Å². The van der Waals surface area contributed by atoms with E-state index in [9.17, 15) is 4.79 Å². The van der Waals surface area contributed by atoms with Crippen molar-refractivity contribution in [3.8, 4) is 11.6 Å². The number of carbonyl (C=O) groups is 1. The Morgan fingerprint density at radius 2 is 2.20 bits per heavy atom. The second-order valence-corrected chi connectivity index (χ2v) is 6.56. The number of rotatable bonds is 4. The van der Waals surface area contributed by atoms with Gasteiger partial charge in [0.1, 0.15) is 0 Å². The van der Waals surface area contributed by atoms with Crippen molar-refractivity contribution in [2.75, 3.05) is 6.54 Å². The highest BCUT2D eigenvalue weighted by Gasteiger charge is 2.33. The van der Waals surface area contributed by atoms with Crippen molar-refractivity contribution < 1.29 is 9.32 Å². The van der Waals surface area contributed by atoms with Crippen LogP contribution < -0.4 is 0 Å². The molecule has 7 heteroatoms. The van der Waals surface area contributed by atoms with Gasteiger partial charge in [-0.25, -0.2) is 0 Å². The molecule has 128 valence electrons. The predicted octanol–water partition coefficient (Wildman–Crippen LogP) is 2.59. The van der Waals surface area contributed by atoms with E-state index < -0.39 is 0 Å². The fourth-order valence-electron chi connectivity index (χ4n) is 3.16. The third kappa shape index (κ3) is 3.17. The normalized spacial score (nSPS) is 17.4. The monoisotopic (exact) mass is 337 g/mol. The molecule has 0 bridgehead atoms. The van der Waals surface area contributed by atoms with E-state index in [4.69, 9.17) is 4.52 Å². The molecule has 4 rings (SSSR count). The van der Waals surface area contributed by atoms with E-state index >= 15 is 0 Å². The molecular weight excluding hydrogens is 318 g/mol. The van der Waals surface area contributed by atoms with E-state index in [1.165, 1.54) is 5.56 Å². The first-order valence-electron chi connectivity index (χ1n) is 8.28. The third-order valence-electron chi connectivity index (χ3n) is 4.40. The number of aryl methyl sites for hydroxylation is 2. The molecule has 7 nitrogen and oxygen atoms in total. The standard InChI is InChI=1S/C18H19N5O2/c1-11-4-3-5-13(6-11)9-23-10-14(8-16(23)24)17-19-18(25-22-17)15-7-12(2)20-21-15/h3-7,14H,8-10H2,1-2H3,(H,20,21). The Balaban J connectivity index is 1.48. The molecule has 0 aliphatic carbocycles. The Kier molecular flexibility index (Phi) is 3.83. The summed E-state index contributed by atoms with van der Waals surface area (Å²) < 4.78 is 5.31. The van der Waals surface area contributed by atoms with Gasteiger partial charge < -0.3 is 9.42 Å². The van der Waals surface area contributed by atoms with Crippen LogP contribution >= 0.6 is 0 Å². The molecule has 1 N–H and O–H groups in total. The van der Waals surface area contributed by atoms with Crippen molar-refractivity contribution in [2.45, 2.75) is 32.7 Å². The molecule has 0 radical (unpaired) electrons. The molecule has 1 saturated heterocycles. The number of amides is 1. The van der Waals surface area contributed by atoms with E-state index in [0.29, 0.717) is 36.9 Å². The minimum atomic E-state index is -0.0464. The van der Waals surface area contributed by atoms with Crippen LogP contribution in [0.3, 0.4) is 0 Å². The number of carbonyl (C=O) groups excluding carboxylic acids is 1. The van der Waals surface area contributed by atoms with Gasteiger partial charge >= 0.3 is 0 Å². The fraction of sp³-hybridized carbons (Fsp3) is 0.333. The summed E-state index contributed by atoms with van der Waals surface area (Å²) in [4.78, 5) is 18.6. The number of H-pyrrole nitrogens is 1. The molecule has 25 heavy (non-hydrogen) atoms. The number of hydrogen-bond donors (Lipinski definition) is 1. The molecule has 3 aromatic rings. The van der Waals surface area contributed by atoms with Crippen LogP contribution in [0.25, 0.3) is 11.6 Å². The molecule has 2 aromatic heterocycles. The number of nitrogens with one attached hydrogen (secondary N) is 1. The van der Waals surface area contributed by atoms with Gasteiger partial charge in [-0.05, 0) is 25.5 Å². The zero-order valence-electron chi connectivity index (χ0n) is 14.2. The molecule has 1 aromatic carbocycles. The van der Waals surface area contributed by atoms with E-state index in [0.717, 1.165) is 11.3 Å². The maximum atomic E-state index is 12.3. The summed E-state index contributed by atoms with van der Waals surface area (Å²) in [5.41, 5.74) is 3.87. The lowest BCUT2D eigenvalue weighted by atomic mass is 10.1. The van der Waals surface area contributed by atoms with Crippen molar-refractivity contribution in [3.05, 3.63) is 53.0 Å². The lowest BCUT2D eigenvalue weighted by Gasteiger charge is -2.16. The summed E-state index contributed by atoms with van der Waals surface area (Å²) >= 11 is 0. The first kappa shape index (κ1) is 15.6. The molecule has 1 amide bonds. The second-order valence-electron chi connectivity index (χ2n) is 6.56. The highest BCUT2D eigenvalue weighted by atomic mass is 16.5. The van der Waals surface area contributed by atoms with Gasteiger partial charge in [0, 0.05) is 31.1 Å². The zero-order chi connectivity index (χ0) is 17.4. The maximum absolute atomic E-state index is 12.3. The van der Waals surface area contributed by atoms with E-state index in [2.05, 4.69) is 39.4 Å². The van der Waals surface area contributed by atoms with Crippen LogP contribution in [0.2, 0.25) is 0 Å². The quantitative estimate of drug-likeness (QED) is 0.790. The van der Waals surface area contributed by atoms with E-state index in [1.807, 2.05) is 30.0 Å². The van der Waals surface area contributed by atoms with Gasteiger partial charge in [-0.3, -0.25) is 9.89 Å². The van der Waals surface area contributed by atoms with Gasteiger partial charge in [0.15, 0.2) is 11.5 Å². The first-order valence-corrected chi connectivity index (χ1v) is 8.28. The molecule has 1 atom stereocenters. The molecule has 0 saturated carbocycles. The minimum absolute atomic E-state index is 0.0464. The van der Waals surface area contributed by atoms with Gasteiger partial charge in [-0.2, -0.15) is 10.1 Å². The smallest absolute Gasteiger partial charge is 0.278 e. The average molecular weight is 337 g/mol. The topological polar surface area (TPSA) is 87.9 Å². The number of likely N-dealkylation sites (tertiary alicyclic amines) is 1. The lowest BCUT2D eigenvalue weighted by Crippen LogP contribution is -2.24. The van der Waals surface area contributed by atoms with E-state index in [1.54, 1.807) is 0 Å². The van der Waals surface area contributed by atoms with Crippen LogP contribution in [0.4, 0.5) is 0 Å². The highest BCUT2D eigenvalue weighted by Crippen LogP contribution is 2.29. The van der Waals surface area contributed by atoms with Crippen LogP contribution in [-0.4, -0.2) is 37.7 Å². The molecule has 0 spiro atoms. The van der Waals surface area contributed by atoms with Crippen LogP contribution in [0, 0.1) is 13.8 Å². The molecule has 3 heterocycles. The average Bonchev–Trinajstić information content (AvgIpc) is 3.28. The number of aromatic nitrogens is 4. The molecule has 1 fully saturated rings. The minimum Gasteiger partial charge on any atom is -0.338 e. The fourth-order valence-corrected chi connectivity index (χ4v) is 3.16. The van der Waals surface area contributed by atoms with E-state index in [-0.39, 0.29) is 11.8 Å². The summed E-state index contributed by atoms with van der Waals surface area (Å²) in [7, 11) is 0. The van der Waals surface area contributed by atoms with Gasteiger partial charge in [0.05, 0.1) is 0 Å². The molecule has 1 aliphatic rings. The summed E-state index contributed by atoms with van der Waals surface area (Å²) in [6.45, 7) is 5.17. The van der Waals surface area contributed by atoms with Crippen molar-refractivity contribution in [3.63, 3.8) is 0 Å². The number of hydrogen-bond acceptors (Lipinski definition) is 5. The summed E-state index contributed by atoms with van der Waals surface area (Å²) in [5, 5.41) is 11.0.